The molecule has 0 aromatic heterocycles. The Balaban J connectivity index is 1.47. The lowest BCUT2D eigenvalue weighted by atomic mass is 9.99. The molecule has 0 bridgehead atoms. The zero-order valence-corrected chi connectivity index (χ0v) is 14.3. The summed E-state index contributed by atoms with van der Waals surface area (Å²) in [6, 6.07) is 15.6. The van der Waals surface area contributed by atoms with Crippen molar-refractivity contribution < 1.29 is 14.7 Å². The zero-order valence-electron chi connectivity index (χ0n) is 14.3. The van der Waals surface area contributed by atoms with E-state index in [1.165, 1.54) is 5.57 Å². The number of hydrogen-bond acceptors (Lipinski definition) is 4. The van der Waals surface area contributed by atoms with Crippen molar-refractivity contribution in [1.29, 1.82) is 0 Å². The molecule has 0 unspecified atom stereocenters. The number of nitrogens with zero attached hydrogens (tertiary/aromatic N) is 1. The van der Waals surface area contributed by atoms with Gasteiger partial charge in [-0.1, -0.05) is 36.4 Å². The molecule has 2 aromatic rings. The van der Waals surface area contributed by atoms with Gasteiger partial charge in [0.2, 0.25) is 5.91 Å². The number of amides is 3. The maximum atomic E-state index is 12.0. The Bertz CT molecular complexity index is 801. The number of para-hydroxylation sites is 1. The molecule has 3 N–H and O–H groups in total. The number of nitrogens with one attached hydrogen (secondary N) is 2. The number of phenols is 1. The quantitative estimate of drug-likeness (QED) is 0.791. The first-order valence-electron chi connectivity index (χ1n) is 8.47. The van der Waals surface area contributed by atoms with Gasteiger partial charge in [-0.2, -0.15) is 0 Å². The minimum atomic E-state index is -0.529. The van der Waals surface area contributed by atoms with Gasteiger partial charge >= 0.3 is 6.03 Å². The standard InChI is InChI=1S/C20H21N3O3/c24-18-8-6-15(7-9-18)16-10-12-23(13-11-16)14-19(25)22-20(26)21-17-4-2-1-3-5-17/h1-10,24H,11-14H2,(H2,21,22,25,26). The topological polar surface area (TPSA) is 81.7 Å². The molecule has 0 aliphatic carbocycles. The normalized spacial score (nSPS) is 14.4. The summed E-state index contributed by atoms with van der Waals surface area (Å²) in [5.41, 5.74) is 2.91. The first-order chi connectivity index (χ1) is 12.6. The van der Waals surface area contributed by atoms with E-state index in [2.05, 4.69) is 16.7 Å². The molecule has 0 saturated heterocycles. The fourth-order valence-corrected chi connectivity index (χ4v) is 2.85. The molecule has 6 heteroatoms. The van der Waals surface area contributed by atoms with Crippen LogP contribution in [0.3, 0.4) is 0 Å². The van der Waals surface area contributed by atoms with Crippen LogP contribution < -0.4 is 10.6 Å². The number of anilines is 1. The number of rotatable bonds is 4. The van der Waals surface area contributed by atoms with Gasteiger partial charge in [-0.05, 0) is 41.8 Å². The maximum absolute atomic E-state index is 12.0. The molecule has 1 aliphatic rings. The Morgan fingerprint density at radius 1 is 1.04 bits per heavy atom. The Morgan fingerprint density at radius 3 is 2.42 bits per heavy atom. The molecule has 0 spiro atoms. The summed E-state index contributed by atoms with van der Waals surface area (Å²) in [6.45, 7) is 1.55. The largest absolute Gasteiger partial charge is 0.508 e. The lowest BCUT2D eigenvalue weighted by molar-refractivity contribution is -0.121. The van der Waals surface area contributed by atoms with Gasteiger partial charge in [0.1, 0.15) is 5.75 Å². The second-order valence-corrected chi connectivity index (χ2v) is 6.13. The van der Waals surface area contributed by atoms with Crippen LogP contribution in [0.1, 0.15) is 12.0 Å². The van der Waals surface area contributed by atoms with E-state index < -0.39 is 6.03 Å². The van der Waals surface area contributed by atoms with Gasteiger partial charge in [0.05, 0.1) is 6.54 Å². The van der Waals surface area contributed by atoms with Crippen LogP contribution >= 0.6 is 0 Å². The van der Waals surface area contributed by atoms with Crippen molar-refractivity contribution in [1.82, 2.24) is 10.2 Å². The van der Waals surface area contributed by atoms with Crippen molar-refractivity contribution in [2.45, 2.75) is 6.42 Å². The summed E-state index contributed by atoms with van der Waals surface area (Å²) in [4.78, 5) is 25.9. The van der Waals surface area contributed by atoms with Crippen LogP contribution in [0.4, 0.5) is 10.5 Å². The van der Waals surface area contributed by atoms with E-state index in [0.29, 0.717) is 12.2 Å². The van der Waals surface area contributed by atoms with Crippen LogP contribution in [0.15, 0.2) is 60.7 Å². The van der Waals surface area contributed by atoms with Gasteiger partial charge in [-0.15, -0.1) is 0 Å². The van der Waals surface area contributed by atoms with Crippen molar-refractivity contribution in [3.8, 4) is 5.75 Å². The summed E-state index contributed by atoms with van der Waals surface area (Å²) in [5, 5.41) is 14.3. The Kier molecular flexibility index (Phi) is 5.66. The van der Waals surface area contributed by atoms with Crippen LogP contribution in [0, 0.1) is 0 Å². The van der Waals surface area contributed by atoms with Gasteiger partial charge in [-0.25, -0.2) is 4.79 Å². The third kappa shape index (κ3) is 4.94. The molecule has 1 aliphatic heterocycles. The fraction of sp³-hybridized carbons (Fsp3) is 0.200. The fourth-order valence-electron chi connectivity index (χ4n) is 2.85. The second kappa shape index (κ2) is 8.31. The summed E-state index contributed by atoms with van der Waals surface area (Å²) >= 11 is 0. The summed E-state index contributed by atoms with van der Waals surface area (Å²) < 4.78 is 0. The van der Waals surface area contributed by atoms with Crippen molar-refractivity contribution in [3.63, 3.8) is 0 Å². The maximum Gasteiger partial charge on any atom is 0.325 e. The average Bonchev–Trinajstić information content (AvgIpc) is 2.64. The van der Waals surface area contributed by atoms with Crippen LogP contribution in [0.2, 0.25) is 0 Å². The van der Waals surface area contributed by atoms with Crippen molar-refractivity contribution in [3.05, 3.63) is 66.2 Å². The van der Waals surface area contributed by atoms with E-state index in [1.807, 2.05) is 35.2 Å². The van der Waals surface area contributed by atoms with Crippen molar-refractivity contribution in [2.24, 2.45) is 0 Å². The lowest BCUT2D eigenvalue weighted by Crippen LogP contribution is -2.43. The van der Waals surface area contributed by atoms with E-state index in [4.69, 9.17) is 0 Å². The molecule has 3 rings (SSSR count). The monoisotopic (exact) mass is 351 g/mol. The SMILES string of the molecule is O=C(CN1CC=C(c2ccc(O)cc2)CC1)NC(=O)Nc1ccccc1. The smallest absolute Gasteiger partial charge is 0.325 e. The minimum Gasteiger partial charge on any atom is -0.508 e. The second-order valence-electron chi connectivity index (χ2n) is 6.13. The molecule has 3 amide bonds. The van der Waals surface area contributed by atoms with E-state index in [9.17, 15) is 14.7 Å². The highest BCUT2D eigenvalue weighted by molar-refractivity contribution is 6.01. The van der Waals surface area contributed by atoms with Crippen LogP contribution in [-0.2, 0) is 4.79 Å². The Labute approximate surface area is 152 Å². The number of carbonyl (C=O) groups is 2. The Morgan fingerprint density at radius 2 is 1.77 bits per heavy atom. The number of carbonyl (C=O) groups excluding carboxylic acids is 2. The van der Waals surface area contributed by atoms with E-state index >= 15 is 0 Å². The van der Waals surface area contributed by atoms with Gasteiger partial charge < -0.3 is 10.4 Å². The number of imide groups is 1. The first-order valence-corrected chi connectivity index (χ1v) is 8.47. The summed E-state index contributed by atoms with van der Waals surface area (Å²) in [5.74, 6) is -0.0860. The first kappa shape index (κ1) is 17.7. The molecule has 0 saturated carbocycles. The number of phenolic OH excluding ortho intramolecular Hbond substituents is 1. The highest BCUT2D eigenvalue weighted by atomic mass is 16.3. The number of benzene rings is 2. The van der Waals surface area contributed by atoms with E-state index in [0.717, 1.165) is 18.5 Å². The third-order valence-corrected chi connectivity index (χ3v) is 4.18. The third-order valence-electron chi connectivity index (χ3n) is 4.18. The van der Waals surface area contributed by atoms with Crippen LogP contribution in [0.5, 0.6) is 5.75 Å². The summed E-state index contributed by atoms with van der Waals surface area (Å²) in [6.07, 6.45) is 2.89. The number of urea groups is 1. The van der Waals surface area contributed by atoms with Gasteiger partial charge in [0.15, 0.2) is 0 Å². The molecule has 2 aromatic carbocycles. The molecule has 0 radical (unpaired) electrons. The molecule has 1 heterocycles. The molecule has 134 valence electrons. The predicted molar refractivity (Wildman–Crippen MR) is 101 cm³/mol. The molecule has 26 heavy (non-hydrogen) atoms. The number of hydrogen-bond donors (Lipinski definition) is 3. The predicted octanol–water partition coefficient (Wildman–Crippen LogP) is 2.83. The van der Waals surface area contributed by atoms with Crippen LogP contribution in [-0.4, -0.2) is 41.6 Å². The van der Waals surface area contributed by atoms with E-state index in [1.54, 1.807) is 24.3 Å². The van der Waals surface area contributed by atoms with Gasteiger partial charge in [0, 0.05) is 18.8 Å². The zero-order chi connectivity index (χ0) is 18.4. The van der Waals surface area contributed by atoms with Crippen molar-refractivity contribution in [2.75, 3.05) is 25.0 Å². The minimum absolute atomic E-state index is 0.168. The average molecular weight is 351 g/mol. The highest BCUT2D eigenvalue weighted by Crippen LogP contribution is 2.23. The molecular weight excluding hydrogens is 330 g/mol. The molecule has 0 atom stereocenters. The molecular formula is C20H21N3O3. The summed E-state index contributed by atoms with van der Waals surface area (Å²) in [7, 11) is 0. The van der Waals surface area contributed by atoms with Gasteiger partial charge in [-0.3, -0.25) is 15.0 Å². The lowest BCUT2D eigenvalue weighted by Gasteiger charge is -2.25. The highest BCUT2D eigenvalue weighted by Gasteiger charge is 2.17. The molecule has 6 nitrogen and oxygen atoms in total. The van der Waals surface area contributed by atoms with E-state index in [-0.39, 0.29) is 18.2 Å². The van der Waals surface area contributed by atoms with Crippen molar-refractivity contribution >= 4 is 23.2 Å². The Hall–Kier alpha value is -3.12. The number of aromatic hydroxyl groups is 1. The van der Waals surface area contributed by atoms with Gasteiger partial charge in [0.25, 0.3) is 0 Å². The van der Waals surface area contributed by atoms with Crippen LogP contribution in [0.25, 0.3) is 5.57 Å². The molecule has 0 fully saturated rings.